The number of ether oxygens (including phenoxy) is 1. The Morgan fingerprint density at radius 3 is 2.39 bits per heavy atom. The number of fused-ring (bicyclic) bond motifs is 3. The van der Waals surface area contributed by atoms with E-state index in [0.29, 0.717) is 53.4 Å². The predicted octanol–water partition coefficient (Wildman–Crippen LogP) is 5.36. The van der Waals surface area contributed by atoms with Gasteiger partial charge in [-0.15, -0.1) is 0 Å². The fourth-order valence-electron chi connectivity index (χ4n) is 5.73. The zero-order valence-electron chi connectivity index (χ0n) is 19.6. The van der Waals surface area contributed by atoms with Crippen LogP contribution in [0.3, 0.4) is 0 Å². The molecule has 6 nitrogen and oxygen atoms in total. The molecule has 7 heteroatoms. The number of halogens is 1. The number of hydrogen-bond acceptors (Lipinski definition) is 4. The number of carboxylic acids is 1. The number of likely N-dealkylation sites (tertiary alicyclic amines) is 1. The van der Waals surface area contributed by atoms with Crippen LogP contribution in [0.4, 0.5) is 0 Å². The summed E-state index contributed by atoms with van der Waals surface area (Å²) in [7, 11) is 0. The van der Waals surface area contributed by atoms with Crippen molar-refractivity contribution in [1.82, 2.24) is 9.47 Å². The van der Waals surface area contributed by atoms with Gasteiger partial charge in [-0.1, -0.05) is 54.1 Å². The van der Waals surface area contributed by atoms with E-state index in [2.05, 4.69) is 4.90 Å². The zero-order valence-corrected chi connectivity index (χ0v) is 20.4. The van der Waals surface area contributed by atoms with Crippen molar-refractivity contribution in [3.05, 3.63) is 111 Å². The van der Waals surface area contributed by atoms with Gasteiger partial charge in [0.15, 0.2) is 0 Å². The summed E-state index contributed by atoms with van der Waals surface area (Å²) in [6.07, 6.45) is 1.54. The Bertz CT molecular complexity index is 1540. The first-order chi connectivity index (χ1) is 17.5. The summed E-state index contributed by atoms with van der Waals surface area (Å²) < 4.78 is 7.87. The number of nitrogens with zero attached hydrogens (tertiary/aromatic N) is 2. The number of hydrogen-bond donors (Lipinski definition) is 1. The van der Waals surface area contributed by atoms with Crippen LogP contribution in [-0.4, -0.2) is 33.6 Å². The normalized spacial score (nSPS) is 16.9. The van der Waals surface area contributed by atoms with Crippen LogP contribution >= 0.6 is 11.6 Å². The van der Waals surface area contributed by atoms with Gasteiger partial charge in [0.2, 0.25) is 0 Å². The molecular weight excluding hydrogens is 476 g/mol. The lowest BCUT2D eigenvalue weighted by Gasteiger charge is -2.39. The average molecular weight is 501 g/mol. The van der Waals surface area contributed by atoms with Gasteiger partial charge in [-0.2, -0.15) is 0 Å². The highest BCUT2D eigenvalue weighted by atomic mass is 35.5. The number of rotatable bonds is 4. The van der Waals surface area contributed by atoms with Gasteiger partial charge in [-0.25, -0.2) is 4.79 Å². The molecule has 2 aliphatic heterocycles. The van der Waals surface area contributed by atoms with Crippen molar-refractivity contribution >= 4 is 28.3 Å². The smallest absolute Gasteiger partial charge is 0.338 e. The van der Waals surface area contributed by atoms with Crippen molar-refractivity contribution in [2.24, 2.45) is 0 Å². The Kier molecular flexibility index (Phi) is 5.67. The van der Waals surface area contributed by atoms with E-state index < -0.39 is 5.97 Å². The van der Waals surface area contributed by atoms with Crippen molar-refractivity contribution in [2.45, 2.75) is 31.6 Å². The fraction of sp³-hybridized carbons (Fsp3) is 0.241. The van der Waals surface area contributed by atoms with Crippen molar-refractivity contribution in [1.29, 1.82) is 0 Å². The molecule has 2 aliphatic rings. The summed E-state index contributed by atoms with van der Waals surface area (Å²) in [6, 6.07) is 22.1. The van der Waals surface area contributed by atoms with E-state index in [-0.39, 0.29) is 16.7 Å². The Morgan fingerprint density at radius 1 is 0.972 bits per heavy atom. The standard InChI is InChI=1S/C29H25ClN2O4/c30-20-11-10-19-18-36-29(24(19)16-20)12-14-31(15-13-29)17-25-26(28(34)35)22-8-4-5-9-23(22)27(33)32(25)21-6-2-1-3-7-21/h1-11,16H,12-15,17-18H2,(H,34,35). The minimum Gasteiger partial charge on any atom is -0.478 e. The minimum absolute atomic E-state index is 0.170. The minimum atomic E-state index is -1.04. The van der Waals surface area contributed by atoms with E-state index in [9.17, 15) is 14.7 Å². The Hall–Kier alpha value is -3.45. The Balaban J connectivity index is 1.40. The number of carbonyl (C=O) groups is 1. The van der Waals surface area contributed by atoms with Crippen LogP contribution in [0.2, 0.25) is 5.02 Å². The molecule has 1 N–H and O–H groups in total. The van der Waals surface area contributed by atoms with Gasteiger partial charge in [0, 0.05) is 41.1 Å². The predicted molar refractivity (Wildman–Crippen MR) is 139 cm³/mol. The largest absolute Gasteiger partial charge is 0.478 e. The monoisotopic (exact) mass is 500 g/mol. The van der Waals surface area contributed by atoms with E-state index in [4.69, 9.17) is 16.3 Å². The van der Waals surface area contributed by atoms with Crippen molar-refractivity contribution in [3.8, 4) is 5.69 Å². The second-order valence-corrected chi connectivity index (χ2v) is 9.95. The van der Waals surface area contributed by atoms with Crippen LogP contribution in [0.1, 0.15) is 40.0 Å². The van der Waals surface area contributed by atoms with Crippen molar-refractivity contribution in [2.75, 3.05) is 13.1 Å². The molecule has 6 rings (SSSR count). The number of aromatic carboxylic acids is 1. The molecule has 1 spiro atoms. The van der Waals surface area contributed by atoms with Crippen LogP contribution in [0, 0.1) is 0 Å². The molecule has 3 heterocycles. The molecule has 1 saturated heterocycles. The number of aromatic nitrogens is 1. The topological polar surface area (TPSA) is 71.8 Å². The fourth-order valence-corrected chi connectivity index (χ4v) is 5.90. The molecule has 0 amide bonds. The molecule has 0 aliphatic carbocycles. The maximum atomic E-state index is 13.7. The lowest BCUT2D eigenvalue weighted by Crippen LogP contribution is -2.43. The summed E-state index contributed by atoms with van der Waals surface area (Å²) in [5.41, 5.74) is 3.07. The summed E-state index contributed by atoms with van der Waals surface area (Å²) in [5.74, 6) is -1.04. The van der Waals surface area contributed by atoms with Gasteiger partial charge in [0.1, 0.15) is 0 Å². The van der Waals surface area contributed by atoms with Crippen LogP contribution < -0.4 is 5.56 Å². The van der Waals surface area contributed by atoms with Crippen LogP contribution in [-0.2, 0) is 23.5 Å². The first kappa shape index (κ1) is 23.0. The third kappa shape index (κ3) is 3.73. The number of carboxylic acid groups (broad SMARTS) is 1. The van der Waals surface area contributed by atoms with Gasteiger partial charge < -0.3 is 9.84 Å². The molecular formula is C29H25ClN2O4. The van der Waals surface area contributed by atoms with Crippen molar-refractivity contribution < 1.29 is 14.6 Å². The van der Waals surface area contributed by atoms with E-state index in [1.54, 1.807) is 28.8 Å². The van der Waals surface area contributed by atoms with Crippen LogP contribution in [0.5, 0.6) is 0 Å². The first-order valence-electron chi connectivity index (χ1n) is 12.1. The SMILES string of the molecule is O=C(O)c1c(CN2CCC3(CC2)OCc2ccc(Cl)cc23)n(-c2ccccc2)c(=O)c2ccccc12. The molecule has 1 fully saturated rings. The molecule has 3 aromatic carbocycles. The Morgan fingerprint density at radius 2 is 1.67 bits per heavy atom. The molecule has 0 atom stereocenters. The average Bonchev–Trinajstić information content (AvgIpc) is 3.23. The summed E-state index contributed by atoms with van der Waals surface area (Å²) in [4.78, 5) is 28.5. The second kappa shape index (κ2) is 8.89. The zero-order chi connectivity index (χ0) is 24.9. The molecule has 36 heavy (non-hydrogen) atoms. The molecule has 0 radical (unpaired) electrons. The quantitative estimate of drug-likeness (QED) is 0.408. The molecule has 0 bridgehead atoms. The van der Waals surface area contributed by atoms with Gasteiger partial charge in [0.25, 0.3) is 5.56 Å². The summed E-state index contributed by atoms with van der Waals surface area (Å²) in [6.45, 7) is 2.34. The number of benzene rings is 3. The lowest BCUT2D eigenvalue weighted by atomic mass is 9.83. The van der Waals surface area contributed by atoms with E-state index in [1.807, 2.05) is 48.5 Å². The van der Waals surface area contributed by atoms with Gasteiger partial charge in [-0.3, -0.25) is 14.3 Å². The van der Waals surface area contributed by atoms with E-state index in [1.165, 1.54) is 5.56 Å². The van der Waals surface area contributed by atoms with Crippen molar-refractivity contribution in [3.63, 3.8) is 0 Å². The Labute approximate surface area is 213 Å². The van der Waals surface area contributed by atoms with Gasteiger partial charge in [0.05, 0.1) is 23.5 Å². The molecule has 4 aromatic rings. The first-order valence-corrected chi connectivity index (χ1v) is 12.5. The number of piperidine rings is 1. The van der Waals surface area contributed by atoms with Crippen LogP contribution in [0.15, 0.2) is 77.6 Å². The third-order valence-electron chi connectivity index (χ3n) is 7.52. The summed E-state index contributed by atoms with van der Waals surface area (Å²) in [5, 5.41) is 11.9. The number of para-hydroxylation sites is 1. The van der Waals surface area contributed by atoms with E-state index in [0.717, 1.165) is 18.4 Å². The summed E-state index contributed by atoms with van der Waals surface area (Å²) >= 11 is 6.29. The molecule has 0 saturated carbocycles. The van der Waals surface area contributed by atoms with E-state index >= 15 is 0 Å². The van der Waals surface area contributed by atoms with Gasteiger partial charge >= 0.3 is 5.97 Å². The molecule has 0 unspecified atom stereocenters. The highest BCUT2D eigenvalue weighted by molar-refractivity contribution is 6.30. The molecule has 1 aromatic heterocycles. The van der Waals surface area contributed by atoms with Crippen LogP contribution in [0.25, 0.3) is 16.5 Å². The van der Waals surface area contributed by atoms with Gasteiger partial charge in [-0.05, 0) is 54.3 Å². The third-order valence-corrected chi connectivity index (χ3v) is 7.76. The highest BCUT2D eigenvalue weighted by Crippen LogP contribution is 2.45. The molecule has 182 valence electrons. The highest BCUT2D eigenvalue weighted by Gasteiger charge is 2.43. The second-order valence-electron chi connectivity index (χ2n) is 9.51. The maximum absolute atomic E-state index is 13.7. The number of pyridine rings is 1. The lowest BCUT2D eigenvalue weighted by molar-refractivity contribution is -0.0801. The maximum Gasteiger partial charge on any atom is 0.338 e.